The van der Waals surface area contributed by atoms with Crippen molar-refractivity contribution in [1.82, 2.24) is 20.0 Å². The van der Waals surface area contributed by atoms with Gasteiger partial charge in [0.25, 0.3) is 11.8 Å². The van der Waals surface area contributed by atoms with Gasteiger partial charge in [-0.1, -0.05) is 35.0 Å². The molecule has 0 aliphatic rings. The minimum Gasteiger partial charge on any atom is -0.343 e. The van der Waals surface area contributed by atoms with Crippen LogP contribution in [0.15, 0.2) is 53.1 Å². The van der Waals surface area contributed by atoms with Crippen LogP contribution in [0.4, 0.5) is 0 Å². The maximum absolute atomic E-state index is 12.8. The first-order chi connectivity index (χ1) is 13.0. The van der Waals surface area contributed by atoms with Gasteiger partial charge in [-0.05, 0) is 43.7 Å². The van der Waals surface area contributed by atoms with Crippen LogP contribution in [0, 0.1) is 13.8 Å². The Morgan fingerprint density at radius 3 is 2.70 bits per heavy atom. The van der Waals surface area contributed by atoms with Gasteiger partial charge in [0.2, 0.25) is 0 Å². The molecule has 4 rings (SSSR count). The van der Waals surface area contributed by atoms with E-state index in [-0.39, 0.29) is 12.5 Å². The van der Waals surface area contributed by atoms with Crippen LogP contribution < -0.4 is 5.32 Å². The number of carbonyl (C=O) groups is 1. The first-order valence-corrected chi connectivity index (χ1v) is 8.76. The smallest absolute Gasteiger partial charge is 0.268 e. The molecule has 136 valence electrons. The number of aryl methyl sites for hydroxylation is 3. The summed E-state index contributed by atoms with van der Waals surface area (Å²) < 4.78 is 7.20. The molecule has 27 heavy (non-hydrogen) atoms. The lowest BCUT2D eigenvalue weighted by molar-refractivity contribution is 0.0941. The largest absolute Gasteiger partial charge is 0.343 e. The first-order valence-electron chi connectivity index (χ1n) is 8.76. The van der Waals surface area contributed by atoms with Gasteiger partial charge < -0.3 is 14.4 Å². The van der Waals surface area contributed by atoms with Crippen molar-refractivity contribution >= 4 is 16.8 Å². The Bertz CT molecular complexity index is 1130. The lowest BCUT2D eigenvalue weighted by Gasteiger charge is -2.06. The van der Waals surface area contributed by atoms with Crippen molar-refractivity contribution in [3.05, 3.63) is 71.2 Å². The fourth-order valence-corrected chi connectivity index (χ4v) is 3.33. The van der Waals surface area contributed by atoms with Crippen LogP contribution in [0.3, 0.4) is 0 Å². The fourth-order valence-electron chi connectivity index (χ4n) is 3.33. The average Bonchev–Trinajstić information content (AvgIpc) is 3.24. The average molecular weight is 360 g/mol. The predicted molar refractivity (Wildman–Crippen MR) is 103 cm³/mol. The SMILES string of the molecule is Cc1ccc2c(c1)c(C)c(C(=O)NCc1noc(-c3ccccc3)n1)n2C. The van der Waals surface area contributed by atoms with Gasteiger partial charge in [0.1, 0.15) is 5.69 Å². The number of aromatic nitrogens is 3. The van der Waals surface area contributed by atoms with Gasteiger partial charge in [0.05, 0.1) is 6.54 Å². The van der Waals surface area contributed by atoms with E-state index in [1.807, 2.05) is 67.9 Å². The summed E-state index contributed by atoms with van der Waals surface area (Å²) in [6.45, 7) is 4.22. The Labute approximate surface area is 156 Å². The molecule has 1 amide bonds. The minimum absolute atomic E-state index is 0.157. The van der Waals surface area contributed by atoms with E-state index in [1.54, 1.807) is 0 Å². The quantitative estimate of drug-likeness (QED) is 0.601. The summed E-state index contributed by atoms with van der Waals surface area (Å²) in [5.41, 5.74) is 4.66. The van der Waals surface area contributed by atoms with Crippen molar-refractivity contribution in [3.8, 4) is 11.5 Å². The molecular formula is C21H20N4O2. The molecule has 0 bridgehead atoms. The van der Waals surface area contributed by atoms with Gasteiger partial charge in [-0.2, -0.15) is 4.98 Å². The second-order valence-electron chi connectivity index (χ2n) is 6.62. The molecule has 0 spiro atoms. The molecule has 0 atom stereocenters. The summed E-state index contributed by atoms with van der Waals surface area (Å²) in [6.07, 6.45) is 0. The summed E-state index contributed by atoms with van der Waals surface area (Å²) in [6, 6.07) is 15.7. The third-order valence-corrected chi connectivity index (χ3v) is 4.72. The lowest BCUT2D eigenvalue weighted by atomic mass is 10.1. The lowest BCUT2D eigenvalue weighted by Crippen LogP contribution is -2.26. The zero-order valence-corrected chi connectivity index (χ0v) is 15.5. The van der Waals surface area contributed by atoms with Gasteiger partial charge >= 0.3 is 0 Å². The van der Waals surface area contributed by atoms with Gasteiger partial charge in [-0.15, -0.1) is 0 Å². The van der Waals surface area contributed by atoms with Crippen LogP contribution in [0.2, 0.25) is 0 Å². The van der Waals surface area contributed by atoms with E-state index >= 15 is 0 Å². The highest BCUT2D eigenvalue weighted by Gasteiger charge is 2.19. The molecule has 0 fully saturated rings. The van der Waals surface area contributed by atoms with Gasteiger partial charge in [0.15, 0.2) is 5.82 Å². The number of carbonyl (C=O) groups excluding carboxylic acids is 1. The maximum atomic E-state index is 12.8. The van der Waals surface area contributed by atoms with E-state index in [0.29, 0.717) is 17.4 Å². The van der Waals surface area contributed by atoms with Gasteiger partial charge in [0, 0.05) is 23.5 Å². The molecule has 0 aliphatic carbocycles. The van der Waals surface area contributed by atoms with Crippen molar-refractivity contribution in [2.75, 3.05) is 0 Å². The van der Waals surface area contributed by atoms with Crippen molar-refractivity contribution < 1.29 is 9.32 Å². The second kappa shape index (κ2) is 6.72. The Morgan fingerprint density at radius 1 is 1.15 bits per heavy atom. The molecule has 0 radical (unpaired) electrons. The van der Waals surface area contributed by atoms with Crippen molar-refractivity contribution in [2.45, 2.75) is 20.4 Å². The fraction of sp³-hybridized carbons (Fsp3) is 0.190. The molecule has 0 saturated carbocycles. The normalized spacial score (nSPS) is 11.1. The van der Waals surface area contributed by atoms with Crippen LogP contribution in [0.1, 0.15) is 27.4 Å². The minimum atomic E-state index is -0.157. The number of hydrogen-bond acceptors (Lipinski definition) is 4. The van der Waals surface area contributed by atoms with E-state index in [9.17, 15) is 4.79 Å². The number of benzene rings is 2. The summed E-state index contributed by atoms with van der Waals surface area (Å²) >= 11 is 0. The highest BCUT2D eigenvalue weighted by atomic mass is 16.5. The van der Waals surface area contributed by atoms with E-state index in [4.69, 9.17) is 4.52 Å². The van der Waals surface area contributed by atoms with Crippen LogP contribution in [-0.4, -0.2) is 20.6 Å². The van der Waals surface area contributed by atoms with Crippen LogP contribution in [0.5, 0.6) is 0 Å². The molecule has 0 unspecified atom stereocenters. The number of nitrogens with one attached hydrogen (secondary N) is 1. The highest BCUT2D eigenvalue weighted by molar-refractivity contribution is 6.01. The molecule has 4 aromatic rings. The monoisotopic (exact) mass is 360 g/mol. The summed E-state index contributed by atoms with van der Waals surface area (Å²) in [5.74, 6) is 0.723. The summed E-state index contributed by atoms with van der Waals surface area (Å²) in [4.78, 5) is 17.1. The molecule has 0 saturated heterocycles. The van der Waals surface area contributed by atoms with E-state index < -0.39 is 0 Å². The molecule has 6 heteroatoms. The molecule has 6 nitrogen and oxygen atoms in total. The third kappa shape index (κ3) is 3.10. The van der Waals surface area contributed by atoms with Crippen molar-refractivity contribution in [2.24, 2.45) is 7.05 Å². The third-order valence-electron chi connectivity index (χ3n) is 4.72. The van der Waals surface area contributed by atoms with Crippen molar-refractivity contribution in [1.29, 1.82) is 0 Å². The van der Waals surface area contributed by atoms with Crippen LogP contribution in [-0.2, 0) is 13.6 Å². The second-order valence-corrected chi connectivity index (χ2v) is 6.62. The summed E-state index contributed by atoms with van der Waals surface area (Å²) in [7, 11) is 1.90. The van der Waals surface area contributed by atoms with Gasteiger partial charge in [-0.25, -0.2) is 0 Å². The molecule has 2 heterocycles. The van der Waals surface area contributed by atoms with Gasteiger partial charge in [-0.3, -0.25) is 4.79 Å². The molecular weight excluding hydrogens is 340 g/mol. The zero-order valence-electron chi connectivity index (χ0n) is 15.5. The Kier molecular flexibility index (Phi) is 4.24. The predicted octanol–water partition coefficient (Wildman–Crippen LogP) is 3.78. The molecule has 1 N–H and O–H groups in total. The Hall–Kier alpha value is -3.41. The van der Waals surface area contributed by atoms with Crippen LogP contribution >= 0.6 is 0 Å². The van der Waals surface area contributed by atoms with E-state index in [0.717, 1.165) is 22.0 Å². The first kappa shape index (κ1) is 17.0. The Balaban J connectivity index is 1.54. The number of amides is 1. The topological polar surface area (TPSA) is 73.0 Å². The standard InChI is InChI=1S/C21H20N4O2/c1-13-9-10-17-16(11-13)14(2)19(25(17)3)20(26)22-12-18-23-21(27-24-18)15-7-5-4-6-8-15/h4-11H,12H2,1-3H3,(H,22,26). The van der Waals surface area contributed by atoms with E-state index in [1.165, 1.54) is 5.56 Å². The van der Waals surface area contributed by atoms with Crippen LogP contribution in [0.25, 0.3) is 22.4 Å². The van der Waals surface area contributed by atoms with E-state index in [2.05, 4.69) is 21.5 Å². The zero-order chi connectivity index (χ0) is 19.0. The molecule has 0 aliphatic heterocycles. The summed E-state index contributed by atoms with van der Waals surface area (Å²) in [5, 5.41) is 7.93. The number of hydrogen-bond donors (Lipinski definition) is 1. The Morgan fingerprint density at radius 2 is 1.93 bits per heavy atom. The maximum Gasteiger partial charge on any atom is 0.268 e. The molecule has 2 aromatic heterocycles. The molecule has 2 aromatic carbocycles. The van der Waals surface area contributed by atoms with Crippen molar-refractivity contribution in [3.63, 3.8) is 0 Å². The number of rotatable bonds is 4. The highest BCUT2D eigenvalue weighted by Crippen LogP contribution is 2.25. The number of nitrogens with zero attached hydrogens (tertiary/aromatic N) is 3. The number of fused-ring (bicyclic) bond motifs is 1.